The van der Waals surface area contributed by atoms with Crippen molar-refractivity contribution in [3.63, 3.8) is 0 Å². The lowest BCUT2D eigenvalue weighted by Crippen LogP contribution is -2.55. The minimum absolute atomic E-state index is 0.0379. The molecular weight excluding hydrogens is 499 g/mol. The average Bonchev–Trinajstić information content (AvgIpc) is 3.70. The molecule has 0 aromatic heterocycles. The largest absolute Gasteiger partial charge is 0.475 e. The van der Waals surface area contributed by atoms with Crippen LogP contribution in [0.3, 0.4) is 0 Å². The Labute approximate surface area is 231 Å². The summed E-state index contributed by atoms with van der Waals surface area (Å²) in [6.07, 6.45) is 3.57. The van der Waals surface area contributed by atoms with E-state index in [0.717, 1.165) is 44.3 Å². The van der Waals surface area contributed by atoms with E-state index in [-0.39, 0.29) is 30.0 Å². The van der Waals surface area contributed by atoms with Crippen LogP contribution in [0.5, 0.6) is 0 Å². The van der Waals surface area contributed by atoms with Crippen molar-refractivity contribution in [2.45, 2.75) is 82.0 Å². The summed E-state index contributed by atoms with van der Waals surface area (Å²) in [5.74, 6) is -1.97. The molecule has 0 radical (unpaired) electrons. The monoisotopic (exact) mass is 540 g/mol. The highest BCUT2D eigenvalue weighted by Gasteiger charge is 2.50. The first-order chi connectivity index (χ1) is 18.6. The number of hydrogen-bond donors (Lipinski definition) is 3. The van der Waals surface area contributed by atoms with Crippen molar-refractivity contribution in [2.24, 2.45) is 5.92 Å². The maximum Gasteiger partial charge on any atom is 0.475 e. The Morgan fingerprint density at radius 3 is 2.67 bits per heavy atom. The lowest BCUT2D eigenvalue weighted by atomic mass is 9.76. The molecule has 3 fully saturated rings. The van der Waals surface area contributed by atoms with Gasteiger partial charge in [0.2, 0.25) is 5.91 Å². The number of likely N-dealkylation sites (tertiary alicyclic amines) is 1. The van der Waals surface area contributed by atoms with Crippen molar-refractivity contribution in [1.29, 1.82) is 5.26 Å². The van der Waals surface area contributed by atoms with E-state index in [1.807, 2.05) is 30.3 Å². The van der Waals surface area contributed by atoms with Crippen LogP contribution < -0.4 is 5.32 Å². The molecule has 11 heteroatoms. The highest BCUT2D eigenvalue weighted by Crippen LogP contribution is 2.44. The summed E-state index contributed by atoms with van der Waals surface area (Å²) in [5, 5.41) is 32.1. The molecule has 2 saturated heterocycles. The lowest BCUT2D eigenvalue weighted by molar-refractivity contribution is -0.136. The Kier molecular flexibility index (Phi) is 9.54. The van der Waals surface area contributed by atoms with Gasteiger partial charge in [0.05, 0.1) is 30.8 Å². The van der Waals surface area contributed by atoms with E-state index < -0.39 is 31.2 Å². The number of amides is 2. The molecule has 39 heavy (non-hydrogen) atoms. The van der Waals surface area contributed by atoms with Gasteiger partial charge in [-0.05, 0) is 64.4 Å². The fourth-order valence-corrected chi connectivity index (χ4v) is 5.68. The Morgan fingerprint density at radius 2 is 2.00 bits per heavy atom. The highest BCUT2D eigenvalue weighted by atomic mass is 16.6. The quantitative estimate of drug-likeness (QED) is 0.405. The maximum atomic E-state index is 13.5. The molecular formula is C28H41BN4O6. The van der Waals surface area contributed by atoms with Gasteiger partial charge in [-0.3, -0.25) is 9.69 Å². The minimum Gasteiger partial charge on any atom is -0.444 e. The number of nitrogens with one attached hydrogen (secondary N) is 1. The summed E-state index contributed by atoms with van der Waals surface area (Å²) in [4.78, 5) is 30.2. The number of benzene rings is 1. The number of carbonyl (C=O) groups excluding carboxylic acids is 2. The number of hydrogen-bond acceptors (Lipinski definition) is 8. The summed E-state index contributed by atoms with van der Waals surface area (Å²) in [7, 11) is -1.76. The van der Waals surface area contributed by atoms with Gasteiger partial charge in [-0.1, -0.05) is 30.3 Å². The summed E-state index contributed by atoms with van der Waals surface area (Å²) < 4.78 is 11.6. The first kappa shape index (κ1) is 29.3. The molecule has 3 N–H and O–H groups in total. The predicted octanol–water partition coefficient (Wildman–Crippen LogP) is 1.89. The average molecular weight is 540 g/mol. The fourth-order valence-electron chi connectivity index (χ4n) is 5.68. The molecule has 2 amide bonds. The van der Waals surface area contributed by atoms with Gasteiger partial charge in [0.25, 0.3) is 0 Å². The Morgan fingerprint density at radius 1 is 1.26 bits per heavy atom. The number of rotatable bonds is 9. The number of nitriles is 1. The second kappa shape index (κ2) is 12.7. The van der Waals surface area contributed by atoms with Gasteiger partial charge in [-0.15, -0.1) is 0 Å². The van der Waals surface area contributed by atoms with E-state index in [1.165, 1.54) is 0 Å². The number of alkyl carbamates (subject to hydrolysis) is 1. The molecule has 1 aliphatic carbocycles. The van der Waals surface area contributed by atoms with Crippen LogP contribution in [-0.4, -0.2) is 94.9 Å². The lowest BCUT2D eigenvalue weighted by Gasteiger charge is -2.44. The third-order valence-electron chi connectivity index (χ3n) is 8.24. The normalized spacial score (nSPS) is 22.7. The predicted molar refractivity (Wildman–Crippen MR) is 145 cm³/mol. The molecule has 1 aromatic rings. The van der Waals surface area contributed by atoms with Crippen LogP contribution in [0.4, 0.5) is 4.79 Å². The van der Waals surface area contributed by atoms with Crippen molar-refractivity contribution in [1.82, 2.24) is 15.1 Å². The van der Waals surface area contributed by atoms with Gasteiger partial charge in [0.15, 0.2) is 0 Å². The first-order valence-electron chi connectivity index (χ1n) is 14.1. The van der Waals surface area contributed by atoms with Crippen LogP contribution in [-0.2, 0) is 20.7 Å². The Bertz CT molecular complexity index is 1030. The van der Waals surface area contributed by atoms with Gasteiger partial charge in [0, 0.05) is 25.2 Å². The van der Waals surface area contributed by atoms with Crippen molar-refractivity contribution in [3.8, 4) is 6.07 Å². The van der Waals surface area contributed by atoms with Crippen molar-refractivity contribution in [2.75, 3.05) is 32.8 Å². The van der Waals surface area contributed by atoms with Crippen molar-refractivity contribution >= 4 is 19.1 Å². The molecule has 212 valence electrons. The molecule has 2 aliphatic heterocycles. The summed E-state index contributed by atoms with van der Waals surface area (Å²) in [6.45, 7) is 7.17. The van der Waals surface area contributed by atoms with Gasteiger partial charge < -0.3 is 29.7 Å². The molecule has 0 bridgehead atoms. The second-order valence-corrected chi connectivity index (χ2v) is 11.8. The number of morpholine rings is 1. The Balaban J connectivity index is 1.33. The second-order valence-electron chi connectivity index (χ2n) is 11.8. The Hall–Kier alpha value is -2.65. The SMILES string of the molecule is CC(C)(CC(C#N)C(=O)N1CCCC[C@@H](OC(=O)N[C@@H](Cc2ccccc2)B(O)O)C1)N1CCOC2(CC2)C1. The first-order valence-corrected chi connectivity index (χ1v) is 14.1. The van der Waals surface area contributed by atoms with Gasteiger partial charge in [-0.2, -0.15) is 5.26 Å². The molecule has 4 rings (SSSR count). The van der Waals surface area contributed by atoms with E-state index in [1.54, 1.807) is 4.90 Å². The van der Waals surface area contributed by atoms with Crippen molar-refractivity contribution < 1.29 is 29.1 Å². The number of carbonyl (C=O) groups is 2. The van der Waals surface area contributed by atoms with Crippen LogP contribution >= 0.6 is 0 Å². The van der Waals surface area contributed by atoms with Crippen LogP contribution in [0.1, 0.15) is 57.9 Å². The molecule has 1 saturated carbocycles. The van der Waals surface area contributed by atoms with Crippen LogP contribution in [0, 0.1) is 17.2 Å². The van der Waals surface area contributed by atoms with Crippen molar-refractivity contribution in [3.05, 3.63) is 35.9 Å². The summed E-state index contributed by atoms with van der Waals surface area (Å²) in [6, 6.07) is 11.5. The topological polar surface area (TPSA) is 135 Å². The van der Waals surface area contributed by atoms with Crippen LogP contribution in [0.2, 0.25) is 0 Å². The zero-order valence-electron chi connectivity index (χ0n) is 23.1. The molecule has 1 spiro atoms. The standard InChI is InChI=1S/C28H41BN4O6/c1-27(2,33-14-15-38-28(20-33)11-12-28)17-22(18-30)25(34)32-13-7-6-10-23(19-32)39-26(35)31-24(29(36)37)16-21-8-4-3-5-9-21/h3-5,8-9,22-24,36-37H,6-7,10-17,19-20H2,1-2H3,(H,31,35)/t22?,23-,24+/m1/s1. The maximum absolute atomic E-state index is 13.5. The molecule has 10 nitrogen and oxygen atoms in total. The van der Waals surface area contributed by atoms with Gasteiger partial charge in [-0.25, -0.2) is 4.79 Å². The molecule has 3 atom stereocenters. The van der Waals surface area contributed by atoms with E-state index in [4.69, 9.17) is 9.47 Å². The fraction of sp³-hybridized carbons (Fsp3) is 0.679. The zero-order chi connectivity index (χ0) is 28.0. The summed E-state index contributed by atoms with van der Waals surface area (Å²) >= 11 is 0. The van der Waals surface area contributed by atoms with E-state index in [0.29, 0.717) is 26.0 Å². The van der Waals surface area contributed by atoms with E-state index in [2.05, 4.69) is 30.1 Å². The summed E-state index contributed by atoms with van der Waals surface area (Å²) in [5.41, 5.74) is 0.469. The number of nitrogens with zero attached hydrogens (tertiary/aromatic N) is 3. The molecule has 3 aliphatic rings. The molecule has 1 unspecified atom stereocenters. The van der Waals surface area contributed by atoms with E-state index >= 15 is 0 Å². The number of ether oxygens (including phenoxy) is 2. The third kappa shape index (κ3) is 7.95. The highest BCUT2D eigenvalue weighted by molar-refractivity contribution is 6.43. The molecule has 2 heterocycles. The van der Waals surface area contributed by atoms with Gasteiger partial charge in [0.1, 0.15) is 12.0 Å². The smallest absolute Gasteiger partial charge is 0.444 e. The minimum atomic E-state index is -1.76. The zero-order valence-corrected chi connectivity index (χ0v) is 23.1. The van der Waals surface area contributed by atoms with Crippen LogP contribution in [0.15, 0.2) is 30.3 Å². The van der Waals surface area contributed by atoms with E-state index in [9.17, 15) is 24.9 Å². The van der Waals surface area contributed by atoms with Crippen LogP contribution in [0.25, 0.3) is 0 Å². The third-order valence-corrected chi connectivity index (χ3v) is 8.24. The molecule has 1 aromatic carbocycles. The van der Waals surface area contributed by atoms with Gasteiger partial charge >= 0.3 is 13.2 Å².